The Bertz CT molecular complexity index is 489. The standard InChI is InChI=1S/C11H16ClNO2S/c1-8-5-9(6-13-10(8)12)7-16(14,15)11(2,3)4/h5-6H,7H2,1-4H3. The lowest BCUT2D eigenvalue weighted by atomic mass is 10.2. The quantitative estimate of drug-likeness (QED) is 0.769. The topological polar surface area (TPSA) is 47.0 Å². The molecule has 0 fully saturated rings. The Hall–Kier alpha value is -0.610. The molecule has 0 aromatic carbocycles. The zero-order chi connectivity index (χ0) is 12.6. The van der Waals surface area contributed by atoms with Crippen molar-refractivity contribution in [3.63, 3.8) is 0 Å². The van der Waals surface area contributed by atoms with Crippen LogP contribution in [0, 0.1) is 6.92 Å². The molecule has 0 atom stereocenters. The van der Waals surface area contributed by atoms with E-state index in [1.165, 1.54) is 6.20 Å². The van der Waals surface area contributed by atoms with Crippen LogP contribution in [0.25, 0.3) is 0 Å². The third-order valence-electron chi connectivity index (χ3n) is 2.36. The summed E-state index contributed by atoms with van der Waals surface area (Å²) in [5.74, 6) is 0.00150. The molecule has 0 N–H and O–H groups in total. The van der Waals surface area contributed by atoms with Crippen molar-refractivity contribution in [3.05, 3.63) is 28.5 Å². The van der Waals surface area contributed by atoms with Gasteiger partial charge in [0.15, 0.2) is 9.84 Å². The fraction of sp³-hybridized carbons (Fsp3) is 0.545. The van der Waals surface area contributed by atoms with E-state index in [-0.39, 0.29) is 5.75 Å². The maximum absolute atomic E-state index is 12.0. The van der Waals surface area contributed by atoms with Gasteiger partial charge in [0.05, 0.1) is 10.5 Å². The van der Waals surface area contributed by atoms with Crippen LogP contribution < -0.4 is 0 Å². The molecule has 90 valence electrons. The monoisotopic (exact) mass is 261 g/mol. The Kier molecular flexibility index (Phi) is 3.65. The molecular formula is C11H16ClNO2S. The molecule has 1 heterocycles. The molecule has 0 spiro atoms. The largest absolute Gasteiger partial charge is 0.244 e. The number of pyridine rings is 1. The van der Waals surface area contributed by atoms with Crippen molar-refractivity contribution in [2.45, 2.75) is 38.2 Å². The van der Waals surface area contributed by atoms with Crippen molar-refractivity contribution in [1.82, 2.24) is 4.98 Å². The number of sulfone groups is 1. The van der Waals surface area contributed by atoms with Gasteiger partial charge >= 0.3 is 0 Å². The molecule has 0 amide bonds. The van der Waals surface area contributed by atoms with E-state index in [1.54, 1.807) is 26.8 Å². The van der Waals surface area contributed by atoms with Crippen molar-refractivity contribution >= 4 is 21.4 Å². The van der Waals surface area contributed by atoms with Gasteiger partial charge in [0.2, 0.25) is 0 Å². The third-order valence-corrected chi connectivity index (χ3v) is 5.34. The number of aryl methyl sites for hydroxylation is 1. The second kappa shape index (κ2) is 4.34. The highest BCUT2D eigenvalue weighted by atomic mass is 35.5. The summed E-state index contributed by atoms with van der Waals surface area (Å²) in [7, 11) is -3.16. The van der Waals surface area contributed by atoms with Crippen LogP contribution >= 0.6 is 11.6 Å². The van der Waals surface area contributed by atoms with E-state index in [0.29, 0.717) is 10.7 Å². The van der Waals surface area contributed by atoms with Crippen LogP contribution in [-0.2, 0) is 15.6 Å². The highest BCUT2D eigenvalue weighted by Crippen LogP contribution is 2.21. The summed E-state index contributed by atoms with van der Waals surface area (Å²) in [4.78, 5) is 3.95. The molecule has 5 heteroatoms. The minimum Gasteiger partial charge on any atom is -0.244 e. The molecule has 0 radical (unpaired) electrons. The summed E-state index contributed by atoms with van der Waals surface area (Å²) in [6.45, 7) is 6.89. The average molecular weight is 262 g/mol. The summed E-state index contributed by atoms with van der Waals surface area (Å²) < 4.78 is 23.2. The van der Waals surface area contributed by atoms with Crippen LogP contribution in [-0.4, -0.2) is 18.1 Å². The van der Waals surface area contributed by atoms with Gasteiger partial charge in [-0.05, 0) is 38.8 Å². The minimum absolute atomic E-state index is 0.00150. The van der Waals surface area contributed by atoms with Gasteiger partial charge in [-0.15, -0.1) is 0 Å². The van der Waals surface area contributed by atoms with Crippen LogP contribution in [0.5, 0.6) is 0 Å². The Morgan fingerprint density at radius 2 is 1.94 bits per heavy atom. The molecule has 1 rings (SSSR count). The number of rotatable bonds is 2. The van der Waals surface area contributed by atoms with E-state index in [2.05, 4.69) is 4.98 Å². The molecule has 3 nitrogen and oxygen atoms in total. The van der Waals surface area contributed by atoms with Gasteiger partial charge < -0.3 is 0 Å². The molecule has 0 saturated heterocycles. The van der Waals surface area contributed by atoms with Gasteiger partial charge in [-0.1, -0.05) is 17.7 Å². The fourth-order valence-electron chi connectivity index (χ4n) is 1.13. The maximum Gasteiger partial charge on any atom is 0.159 e. The zero-order valence-corrected chi connectivity index (χ0v) is 11.5. The molecule has 1 aromatic rings. The Morgan fingerprint density at radius 1 is 1.38 bits per heavy atom. The smallest absolute Gasteiger partial charge is 0.159 e. The normalized spacial score (nSPS) is 12.8. The van der Waals surface area contributed by atoms with Gasteiger partial charge in [-0.2, -0.15) is 0 Å². The first-order chi connectivity index (χ1) is 7.13. The summed E-state index contributed by atoms with van der Waals surface area (Å²) in [5, 5.41) is 0.414. The van der Waals surface area contributed by atoms with Gasteiger partial charge in [0, 0.05) is 6.20 Å². The highest BCUT2D eigenvalue weighted by Gasteiger charge is 2.29. The molecule has 1 aromatic heterocycles. The van der Waals surface area contributed by atoms with E-state index in [4.69, 9.17) is 11.6 Å². The van der Waals surface area contributed by atoms with Crippen LogP contribution in [0.1, 0.15) is 31.9 Å². The Labute approximate surface area is 102 Å². The van der Waals surface area contributed by atoms with E-state index in [9.17, 15) is 8.42 Å². The zero-order valence-electron chi connectivity index (χ0n) is 9.91. The van der Waals surface area contributed by atoms with Gasteiger partial charge in [-0.25, -0.2) is 13.4 Å². The predicted octanol–water partition coefficient (Wildman–Crippen LogP) is 2.76. The van der Waals surface area contributed by atoms with Crippen molar-refractivity contribution in [2.75, 3.05) is 0 Å². The molecule has 0 aliphatic heterocycles. The van der Waals surface area contributed by atoms with Crippen molar-refractivity contribution < 1.29 is 8.42 Å². The highest BCUT2D eigenvalue weighted by molar-refractivity contribution is 7.91. The number of hydrogen-bond donors (Lipinski definition) is 0. The maximum atomic E-state index is 12.0. The Morgan fingerprint density at radius 3 is 2.38 bits per heavy atom. The molecule has 0 saturated carbocycles. The van der Waals surface area contributed by atoms with Gasteiger partial charge in [0.1, 0.15) is 5.15 Å². The predicted molar refractivity (Wildman–Crippen MR) is 66.4 cm³/mol. The lowest BCUT2D eigenvalue weighted by molar-refractivity contribution is 0.559. The number of hydrogen-bond acceptors (Lipinski definition) is 3. The lowest BCUT2D eigenvalue weighted by Gasteiger charge is -2.19. The van der Waals surface area contributed by atoms with Crippen LogP contribution in [0.2, 0.25) is 5.15 Å². The van der Waals surface area contributed by atoms with E-state index < -0.39 is 14.6 Å². The number of nitrogens with zero attached hydrogens (tertiary/aromatic N) is 1. The second-order valence-corrected chi connectivity index (χ2v) is 7.92. The number of aromatic nitrogens is 1. The second-order valence-electron chi connectivity index (χ2n) is 4.82. The van der Waals surface area contributed by atoms with E-state index in [0.717, 1.165) is 5.56 Å². The first-order valence-electron chi connectivity index (χ1n) is 4.97. The molecular weight excluding hydrogens is 246 g/mol. The van der Waals surface area contributed by atoms with Crippen LogP contribution in [0.3, 0.4) is 0 Å². The van der Waals surface area contributed by atoms with Crippen molar-refractivity contribution in [2.24, 2.45) is 0 Å². The van der Waals surface area contributed by atoms with E-state index >= 15 is 0 Å². The summed E-state index contributed by atoms with van der Waals surface area (Å²) in [6, 6.07) is 1.76. The number of halogens is 1. The summed E-state index contributed by atoms with van der Waals surface area (Å²) in [5.41, 5.74) is 1.47. The SMILES string of the molecule is Cc1cc(CS(=O)(=O)C(C)(C)C)cnc1Cl. The van der Waals surface area contributed by atoms with E-state index in [1.807, 2.05) is 6.92 Å². The van der Waals surface area contributed by atoms with Crippen molar-refractivity contribution in [3.8, 4) is 0 Å². The molecule has 0 bridgehead atoms. The molecule has 0 unspecified atom stereocenters. The third kappa shape index (κ3) is 2.95. The molecule has 0 aliphatic carbocycles. The summed E-state index contributed by atoms with van der Waals surface area (Å²) in [6.07, 6.45) is 1.51. The van der Waals surface area contributed by atoms with Gasteiger partial charge in [-0.3, -0.25) is 0 Å². The summed E-state index contributed by atoms with van der Waals surface area (Å²) >= 11 is 5.78. The molecule has 0 aliphatic rings. The van der Waals surface area contributed by atoms with Crippen LogP contribution in [0.15, 0.2) is 12.3 Å². The first-order valence-corrected chi connectivity index (χ1v) is 7.00. The van der Waals surface area contributed by atoms with Crippen molar-refractivity contribution in [1.29, 1.82) is 0 Å². The minimum atomic E-state index is -3.16. The Balaban J connectivity index is 3.03. The molecule has 16 heavy (non-hydrogen) atoms. The van der Waals surface area contributed by atoms with Gasteiger partial charge in [0.25, 0.3) is 0 Å². The lowest BCUT2D eigenvalue weighted by Crippen LogP contribution is -2.29. The fourth-order valence-corrected chi connectivity index (χ4v) is 2.26. The average Bonchev–Trinajstić information content (AvgIpc) is 2.09. The van der Waals surface area contributed by atoms with Crippen LogP contribution in [0.4, 0.5) is 0 Å². The first kappa shape index (κ1) is 13.5.